The lowest BCUT2D eigenvalue weighted by molar-refractivity contribution is 0.239. The molecule has 5 nitrogen and oxygen atoms in total. The third-order valence-corrected chi connectivity index (χ3v) is 4.55. The molecule has 0 amide bonds. The molecule has 1 saturated carbocycles. The van der Waals surface area contributed by atoms with Gasteiger partial charge in [0, 0.05) is 31.4 Å². The first-order chi connectivity index (χ1) is 9.69. The molecule has 0 saturated heterocycles. The van der Waals surface area contributed by atoms with Crippen molar-refractivity contribution >= 4 is 11.8 Å². The van der Waals surface area contributed by atoms with Crippen LogP contribution in [0.1, 0.15) is 31.9 Å². The van der Waals surface area contributed by atoms with Crippen LogP contribution in [-0.2, 0) is 13.1 Å². The van der Waals surface area contributed by atoms with E-state index in [2.05, 4.69) is 47.0 Å². The lowest BCUT2D eigenvalue weighted by Gasteiger charge is -2.24. The Balaban J connectivity index is 1.67. The van der Waals surface area contributed by atoms with E-state index < -0.39 is 0 Å². The molecule has 0 bridgehead atoms. The zero-order valence-corrected chi connectivity index (χ0v) is 13.7. The van der Waals surface area contributed by atoms with Crippen LogP contribution in [0.2, 0.25) is 0 Å². The number of rotatable bonds is 10. The minimum atomic E-state index is 0.627. The molecule has 6 heteroatoms. The van der Waals surface area contributed by atoms with Crippen LogP contribution >= 0.6 is 11.8 Å². The smallest absolute Gasteiger partial charge is 0.0964 e. The van der Waals surface area contributed by atoms with Crippen LogP contribution < -0.4 is 5.32 Å². The number of aromatic nitrogens is 3. The first kappa shape index (κ1) is 15.8. The molecule has 0 radical (unpaired) electrons. The molecule has 0 aromatic carbocycles. The second-order valence-electron chi connectivity index (χ2n) is 5.74. The van der Waals surface area contributed by atoms with Gasteiger partial charge < -0.3 is 10.2 Å². The Bertz CT molecular complexity index is 391. The molecule has 114 valence electrons. The van der Waals surface area contributed by atoms with Crippen LogP contribution in [0, 0.1) is 0 Å². The van der Waals surface area contributed by atoms with Gasteiger partial charge in [0.25, 0.3) is 0 Å². The third kappa shape index (κ3) is 5.42. The number of hydrogen-bond donors (Lipinski definition) is 1. The fourth-order valence-corrected chi connectivity index (χ4v) is 2.63. The Morgan fingerprint density at radius 2 is 2.35 bits per heavy atom. The Morgan fingerprint density at radius 3 is 3.05 bits per heavy atom. The van der Waals surface area contributed by atoms with Gasteiger partial charge in [0.05, 0.1) is 12.2 Å². The van der Waals surface area contributed by atoms with E-state index in [0.29, 0.717) is 6.04 Å². The molecule has 1 N–H and O–H groups in total. The highest BCUT2D eigenvalue weighted by Gasteiger charge is 2.20. The lowest BCUT2D eigenvalue weighted by atomic mass is 10.2. The summed E-state index contributed by atoms with van der Waals surface area (Å²) in [7, 11) is 2.19. The molecular formula is C14H27N5S. The standard InChI is InChI=1S/C14H27N5S/c1-12(6-9-20-3)18(2)7-8-19-11-14(16-17-19)10-15-13-4-5-13/h11-13,15H,4-10H2,1-3H3. The van der Waals surface area contributed by atoms with Gasteiger partial charge in [-0.05, 0) is 45.2 Å². The summed E-state index contributed by atoms with van der Waals surface area (Å²) >= 11 is 1.92. The van der Waals surface area contributed by atoms with Gasteiger partial charge >= 0.3 is 0 Å². The van der Waals surface area contributed by atoms with Crippen molar-refractivity contribution < 1.29 is 0 Å². The number of hydrogen-bond acceptors (Lipinski definition) is 5. The van der Waals surface area contributed by atoms with E-state index in [0.717, 1.165) is 31.4 Å². The highest BCUT2D eigenvalue weighted by atomic mass is 32.2. The van der Waals surface area contributed by atoms with Crippen LogP contribution in [0.3, 0.4) is 0 Å². The summed E-state index contributed by atoms with van der Waals surface area (Å²) in [6.45, 7) is 5.08. The third-order valence-electron chi connectivity index (χ3n) is 3.91. The maximum Gasteiger partial charge on any atom is 0.0964 e. The summed E-state index contributed by atoms with van der Waals surface area (Å²) in [6, 6.07) is 1.35. The van der Waals surface area contributed by atoms with Gasteiger partial charge in [-0.1, -0.05) is 5.21 Å². The summed E-state index contributed by atoms with van der Waals surface area (Å²) < 4.78 is 1.96. The normalized spacial score (nSPS) is 16.8. The predicted octanol–water partition coefficient (Wildman–Crippen LogP) is 1.60. The van der Waals surface area contributed by atoms with Crippen LogP contribution in [0.25, 0.3) is 0 Å². The molecule has 1 fully saturated rings. The van der Waals surface area contributed by atoms with Crippen molar-refractivity contribution in [1.82, 2.24) is 25.2 Å². The molecule has 1 aliphatic rings. The number of likely N-dealkylation sites (N-methyl/N-ethyl adjacent to an activating group) is 1. The fraction of sp³-hybridized carbons (Fsp3) is 0.857. The van der Waals surface area contributed by atoms with E-state index in [-0.39, 0.29) is 0 Å². The van der Waals surface area contributed by atoms with E-state index >= 15 is 0 Å². The molecule has 1 atom stereocenters. The van der Waals surface area contributed by atoms with Crippen LogP contribution in [0.15, 0.2) is 6.20 Å². The van der Waals surface area contributed by atoms with E-state index in [1.54, 1.807) is 0 Å². The monoisotopic (exact) mass is 297 g/mol. The quantitative estimate of drug-likeness (QED) is 0.711. The molecule has 0 aliphatic heterocycles. The number of thioether (sulfide) groups is 1. The first-order valence-electron chi connectivity index (χ1n) is 7.50. The highest BCUT2D eigenvalue weighted by Crippen LogP contribution is 2.18. The van der Waals surface area contributed by atoms with Gasteiger partial charge in [0.15, 0.2) is 0 Å². The van der Waals surface area contributed by atoms with Crippen molar-refractivity contribution in [2.75, 3.05) is 25.6 Å². The largest absolute Gasteiger partial charge is 0.308 e. The summed E-state index contributed by atoms with van der Waals surface area (Å²) in [6.07, 6.45) is 8.10. The zero-order valence-electron chi connectivity index (χ0n) is 12.9. The Morgan fingerprint density at radius 1 is 1.55 bits per heavy atom. The molecule has 20 heavy (non-hydrogen) atoms. The molecule has 1 aromatic heterocycles. The van der Waals surface area contributed by atoms with E-state index in [1.807, 2.05) is 16.4 Å². The van der Waals surface area contributed by atoms with Gasteiger partial charge in [-0.25, -0.2) is 0 Å². The minimum absolute atomic E-state index is 0.627. The van der Waals surface area contributed by atoms with Crippen molar-refractivity contribution in [2.24, 2.45) is 0 Å². The second kappa shape index (κ2) is 8.00. The summed E-state index contributed by atoms with van der Waals surface area (Å²) in [5, 5.41) is 11.9. The average Bonchev–Trinajstić information content (AvgIpc) is 3.18. The summed E-state index contributed by atoms with van der Waals surface area (Å²) in [5.41, 5.74) is 1.05. The van der Waals surface area contributed by atoms with Gasteiger partial charge in [0.2, 0.25) is 0 Å². The van der Waals surface area contributed by atoms with Crippen LogP contribution in [0.5, 0.6) is 0 Å². The van der Waals surface area contributed by atoms with Crippen molar-refractivity contribution in [1.29, 1.82) is 0 Å². The topological polar surface area (TPSA) is 46.0 Å². The van der Waals surface area contributed by atoms with E-state index in [1.165, 1.54) is 25.0 Å². The molecular weight excluding hydrogens is 270 g/mol. The maximum absolute atomic E-state index is 4.22. The average molecular weight is 297 g/mol. The van der Waals surface area contributed by atoms with Crippen LogP contribution in [0.4, 0.5) is 0 Å². The van der Waals surface area contributed by atoms with Gasteiger partial charge in [-0.3, -0.25) is 4.68 Å². The molecule has 0 spiro atoms. The van der Waals surface area contributed by atoms with Gasteiger partial charge in [0.1, 0.15) is 0 Å². The Kier molecular flexibility index (Phi) is 6.32. The van der Waals surface area contributed by atoms with Crippen LogP contribution in [-0.4, -0.2) is 57.6 Å². The van der Waals surface area contributed by atoms with Gasteiger partial charge in [-0.2, -0.15) is 11.8 Å². The minimum Gasteiger partial charge on any atom is -0.308 e. The molecule has 2 rings (SSSR count). The number of nitrogens with one attached hydrogen (secondary N) is 1. The predicted molar refractivity (Wildman–Crippen MR) is 85.0 cm³/mol. The lowest BCUT2D eigenvalue weighted by Crippen LogP contribution is -2.32. The summed E-state index contributed by atoms with van der Waals surface area (Å²) in [5.74, 6) is 1.23. The van der Waals surface area contributed by atoms with E-state index in [4.69, 9.17) is 0 Å². The van der Waals surface area contributed by atoms with Crippen molar-refractivity contribution in [3.8, 4) is 0 Å². The van der Waals surface area contributed by atoms with Crippen molar-refractivity contribution in [3.63, 3.8) is 0 Å². The van der Waals surface area contributed by atoms with Gasteiger partial charge in [-0.15, -0.1) is 5.10 Å². The van der Waals surface area contributed by atoms with E-state index in [9.17, 15) is 0 Å². The van der Waals surface area contributed by atoms with Crippen molar-refractivity contribution in [2.45, 2.75) is 51.4 Å². The first-order valence-corrected chi connectivity index (χ1v) is 8.90. The zero-order chi connectivity index (χ0) is 14.4. The molecule has 1 aromatic rings. The Labute approximate surface area is 126 Å². The van der Waals surface area contributed by atoms with Crippen molar-refractivity contribution in [3.05, 3.63) is 11.9 Å². The Hall–Kier alpha value is -0.590. The highest BCUT2D eigenvalue weighted by molar-refractivity contribution is 7.98. The second-order valence-corrected chi connectivity index (χ2v) is 6.72. The summed E-state index contributed by atoms with van der Waals surface area (Å²) in [4.78, 5) is 2.40. The maximum atomic E-state index is 4.22. The number of nitrogens with zero attached hydrogens (tertiary/aromatic N) is 4. The molecule has 1 heterocycles. The molecule has 1 aliphatic carbocycles. The fourth-order valence-electron chi connectivity index (χ4n) is 2.05. The SMILES string of the molecule is CSCCC(C)N(C)CCn1cc(CNC2CC2)nn1. The molecule has 1 unspecified atom stereocenters.